The van der Waals surface area contributed by atoms with Crippen molar-refractivity contribution in [2.45, 2.75) is 25.7 Å². The second kappa shape index (κ2) is 6.18. The van der Waals surface area contributed by atoms with E-state index in [-0.39, 0.29) is 24.7 Å². The number of carbonyl (C=O) groups is 2. The number of nitrogens with two attached hydrogens (primary N) is 2. The van der Waals surface area contributed by atoms with Crippen molar-refractivity contribution in [3.63, 3.8) is 0 Å². The van der Waals surface area contributed by atoms with Crippen LogP contribution in [0, 0.1) is 11.3 Å². The van der Waals surface area contributed by atoms with Gasteiger partial charge in [-0.15, -0.1) is 12.4 Å². The van der Waals surface area contributed by atoms with Gasteiger partial charge in [-0.25, -0.2) is 0 Å². The Morgan fingerprint density at radius 2 is 1.75 bits per heavy atom. The third-order valence-corrected chi connectivity index (χ3v) is 3.42. The number of Topliss-reactive ketones (excluding diaryl/α,β-unsaturated/α-hetero) is 1. The van der Waals surface area contributed by atoms with Gasteiger partial charge in [-0.2, -0.15) is 0 Å². The van der Waals surface area contributed by atoms with Gasteiger partial charge in [0.2, 0.25) is 0 Å². The lowest BCUT2D eigenvalue weighted by Gasteiger charge is -2.34. The van der Waals surface area contributed by atoms with Gasteiger partial charge in [0.1, 0.15) is 5.41 Å². The van der Waals surface area contributed by atoms with Crippen molar-refractivity contribution in [3.05, 3.63) is 0 Å². The Morgan fingerprint density at radius 3 is 2.06 bits per heavy atom. The van der Waals surface area contributed by atoms with Crippen LogP contribution in [0.2, 0.25) is 0 Å². The molecule has 1 rings (SSSR count). The average Bonchev–Trinajstić information content (AvgIpc) is 2.27. The molecule has 1 saturated carbocycles. The number of rotatable bonds is 4. The number of ketones is 1. The fourth-order valence-electron chi connectivity index (χ4n) is 2.21. The van der Waals surface area contributed by atoms with E-state index >= 15 is 0 Å². The van der Waals surface area contributed by atoms with Crippen molar-refractivity contribution in [1.29, 1.82) is 0 Å². The van der Waals surface area contributed by atoms with Crippen molar-refractivity contribution >= 4 is 24.2 Å². The smallest absolute Gasteiger partial charge is 0.317 e. The highest BCUT2D eigenvalue weighted by Gasteiger charge is 2.46. The Balaban J connectivity index is 0.00000225. The number of carboxylic acids is 1. The van der Waals surface area contributed by atoms with Crippen LogP contribution in [-0.2, 0) is 9.59 Å². The topological polar surface area (TPSA) is 106 Å². The molecule has 94 valence electrons. The summed E-state index contributed by atoms with van der Waals surface area (Å²) in [5, 5.41) is 9.14. The summed E-state index contributed by atoms with van der Waals surface area (Å²) in [7, 11) is 0. The van der Waals surface area contributed by atoms with E-state index in [9.17, 15) is 9.59 Å². The zero-order valence-corrected chi connectivity index (χ0v) is 9.96. The molecule has 0 bridgehead atoms. The molecule has 1 fully saturated rings. The van der Waals surface area contributed by atoms with Crippen LogP contribution >= 0.6 is 12.4 Å². The van der Waals surface area contributed by atoms with E-state index in [1.54, 1.807) is 0 Å². The zero-order chi connectivity index (χ0) is 11.5. The summed E-state index contributed by atoms with van der Waals surface area (Å²) in [6.45, 7) is 0.367. The Bertz CT molecular complexity index is 263. The Kier molecular flexibility index (Phi) is 5.92. The Morgan fingerprint density at radius 1 is 1.25 bits per heavy atom. The van der Waals surface area contributed by atoms with E-state index in [4.69, 9.17) is 16.6 Å². The van der Waals surface area contributed by atoms with E-state index in [2.05, 4.69) is 0 Å². The van der Waals surface area contributed by atoms with E-state index in [0.717, 1.165) is 0 Å². The van der Waals surface area contributed by atoms with E-state index < -0.39 is 11.4 Å². The second-order valence-electron chi connectivity index (χ2n) is 4.19. The predicted octanol–water partition coefficient (Wildman–Crippen LogP) is 0.156. The van der Waals surface area contributed by atoms with Crippen LogP contribution in [0.25, 0.3) is 0 Å². The van der Waals surface area contributed by atoms with Gasteiger partial charge in [0.25, 0.3) is 0 Å². The predicted molar refractivity (Wildman–Crippen MR) is 62.4 cm³/mol. The molecule has 0 aliphatic heterocycles. The molecule has 0 unspecified atom stereocenters. The van der Waals surface area contributed by atoms with Crippen LogP contribution in [0.4, 0.5) is 0 Å². The highest BCUT2D eigenvalue weighted by molar-refractivity contribution is 6.04. The molecule has 1 aliphatic carbocycles. The van der Waals surface area contributed by atoms with Crippen LogP contribution in [0.1, 0.15) is 25.7 Å². The van der Waals surface area contributed by atoms with Crippen LogP contribution < -0.4 is 11.5 Å². The molecule has 0 aromatic rings. The minimum absolute atomic E-state index is 0. The molecule has 1 aliphatic rings. The summed E-state index contributed by atoms with van der Waals surface area (Å²) in [6, 6.07) is 0. The minimum atomic E-state index is -1.24. The summed E-state index contributed by atoms with van der Waals surface area (Å²) in [5.41, 5.74) is 9.54. The van der Waals surface area contributed by atoms with E-state index in [1.807, 2.05) is 0 Å². The third-order valence-electron chi connectivity index (χ3n) is 3.42. The molecule has 0 heterocycles. The maximum Gasteiger partial charge on any atom is 0.317 e. The summed E-state index contributed by atoms with van der Waals surface area (Å²) in [5.74, 6) is -1.04. The first kappa shape index (κ1) is 15.3. The summed E-state index contributed by atoms with van der Waals surface area (Å²) in [6.07, 6.45) is 2.16. The lowest BCUT2D eigenvalue weighted by atomic mass is 9.68. The van der Waals surface area contributed by atoms with Crippen LogP contribution in [0.15, 0.2) is 0 Å². The summed E-state index contributed by atoms with van der Waals surface area (Å²) >= 11 is 0. The van der Waals surface area contributed by atoms with Crippen molar-refractivity contribution in [2.75, 3.05) is 13.1 Å². The number of hydrogen-bond donors (Lipinski definition) is 3. The van der Waals surface area contributed by atoms with E-state index in [0.29, 0.717) is 38.1 Å². The first-order valence-corrected chi connectivity index (χ1v) is 5.23. The number of carboxylic acid groups (broad SMARTS) is 1. The molecule has 0 aromatic carbocycles. The van der Waals surface area contributed by atoms with Crippen molar-refractivity contribution in [3.8, 4) is 0 Å². The van der Waals surface area contributed by atoms with E-state index in [1.165, 1.54) is 0 Å². The standard InChI is InChI=1S/C10H18N2O3.ClH/c11-5-7-1-3-10(4-2-7,9(14)15)8(13)6-12;/h7H,1-6,11-12H2,(H,14,15);1H. The molecule has 0 atom stereocenters. The molecular weight excluding hydrogens is 232 g/mol. The maximum absolute atomic E-state index is 11.6. The summed E-state index contributed by atoms with van der Waals surface area (Å²) in [4.78, 5) is 22.8. The van der Waals surface area contributed by atoms with Crippen LogP contribution in [0.3, 0.4) is 0 Å². The number of hydrogen-bond acceptors (Lipinski definition) is 4. The Hall–Kier alpha value is -0.650. The van der Waals surface area contributed by atoms with Crippen LogP contribution in [0.5, 0.6) is 0 Å². The summed E-state index contributed by atoms with van der Waals surface area (Å²) < 4.78 is 0. The number of halogens is 1. The molecule has 0 amide bonds. The van der Waals surface area contributed by atoms with Gasteiger partial charge >= 0.3 is 5.97 Å². The first-order valence-electron chi connectivity index (χ1n) is 5.23. The number of carbonyl (C=O) groups excluding carboxylic acids is 1. The lowest BCUT2D eigenvalue weighted by molar-refractivity contribution is -0.157. The van der Waals surface area contributed by atoms with Gasteiger partial charge in [0.05, 0.1) is 6.54 Å². The molecule has 5 N–H and O–H groups in total. The molecule has 0 aromatic heterocycles. The molecule has 0 radical (unpaired) electrons. The zero-order valence-electron chi connectivity index (χ0n) is 9.15. The monoisotopic (exact) mass is 250 g/mol. The first-order chi connectivity index (χ1) is 7.06. The maximum atomic E-state index is 11.6. The fraction of sp³-hybridized carbons (Fsp3) is 0.800. The quantitative estimate of drug-likeness (QED) is 0.616. The molecule has 5 nitrogen and oxygen atoms in total. The second-order valence-corrected chi connectivity index (χ2v) is 4.19. The fourth-order valence-corrected chi connectivity index (χ4v) is 2.21. The van der Waals surface area contributed by atoms with Crippen molar-refractivity contribution in [1.82, 2.24) is 0 Å². The largest absolute Gasteiger partial charge is 0.480 e. The molecule has 0 saturated heterocycles. The molecule has 16 heavy (non-hydrogen) atoms. The molecular formula is C10H19ClN2O3. The SMILES string of the molecule is Cl.NCC(=O)C1(C(=O)O)CCC(CN)CC1. The van der Waals surface area contributed by atoms with Gasteiger partial charge in [0, 0.05) is 0 Å². The van der Waals surface area contributed by atoms with Crippen molar-refractivity contribution < 1.29 is 14.7 Å². The van der Waals surface area contributed by atoms with Gasteiger partial charge in [0.15, 0.2) is 5.78 Å². The van der Waals surface area contributed by atoms with Crippen molar-refractivity contribution in [2.24, 2.45) is 22.8 Å². The highest BCUT2D eigenvalue weighted by atomic mass is 35.5. The van der Waals surface area contributed by atoms with Gasteiger partial charge in [-0.05, 0) is 38.1 Å². The van der Waals surface area contributed by atoms with Gasteiger partial charge < -0.3 is 16.6 Å². The Labute approximate surface area is 101 Å². The van der Waals surface area contributed by atoms with Gasteiger partial charge in [-0.3, -0.25) is 9.59 Å². The normalized spacial score (nSPS) is 29.2. The average molecular weight is 251 g/mol. The highest BCUT2D eigenvalue weighted by Crippen LogP contribution is 2.39. The lowest BCUT2D eigenvalue weighted by Crippen LogP contribution is -2.46. The van der Waals surface area contributed by atoms with Gasteiger partial charge in [-0.1, -0.05) is 0 Å². The van der Waals surface area contributed by atoms with Crippen LogP contribution in [-0.4, -0.2) is 29.9 Å². The third kappa shape index (κ3) is 2.72. The molecule has 6 heteroatoms. The molecule has 0 spiro atoms. The minimum Gasteiger partial charge on any atom is -0.480 e. The number of aliphatic carboxylic acids is 1.